The Balaban J connectivity index is 1.46. The highest BCUT2D eigenvalue weighted by atomic mass is 19.2. The Morgan fingerprint density at radius 1 is 0.667 bits per heavy atom. The van der Waals surface area contributed by atoms with E-state index < -0.39 is 40.5 Å². The molecule has 0 saturated heterocycles. The van der Waals surface area contributed by atoms with Crippen LogP contribution in [0.4, 0.5) is 26.3 Å². The molecule has 0 aromatic heterocycles. The fourth-order valence-corrected chi connectivity index (χ4v) is 4.81. The molecule has 0 heterocycles. The topological polar surface area (TPSA) is 18.5 Å². The van der Waals surface area contributed by atoms with Crippen LogP contribution in [-0.4, -0.2) is 13.2 Å². The lowest BCUT2D eigenvalue weighted by Crippen LogP contribution is -2.06. The van der Waals surface area contributed by atoms with Gasteiger partial charge in [0.25, 0.3) is 0 Å². The van der Waals surface area contributed by atoms with Gasteiger partial charge in [-0.15, -0.1) is 0 Å². The summed E-state index contributed by atoms with van der Waals surface area (Å²) in [5.74, 6) is -7.40. The van der Waals surface area contributed by atoms with Crippen LogP contribution in [0.15, 0.2) is 48.6 Å². The molecule has 1 atom stereocenters. The maximum absolute atomic E-state index is 15.2. The van der Waals surface area contributed by atoms with Crippen LogP contribution in [0.25, 0.3) is 22.8 Å². The summed E-state index contributed by atoms with van der Waals surface area (Å²) in [6, 6.07) is 7.85. The number of hydrogen-bond acceptors (Lipinski definition) is 2. The first-order chi connectivity index (χ1) is 20.3. The summed E-state index contributed by atoms with van der Waals surface area (Å²) in [6.07, 6.45) is 9.64. The summed E-state index contributed by atoms with van der Waals surface area (Å²) in [5, 5.41) is 0. The van der Waals surface area contributed by atoms with E-state index in [4.69, 9.17) is 9.47 Å². The van der Waals surface area contributed by atoms with Gasteiger partial charge in [0.2, 0.25) is 11.6 Å². The Morgan fingerprint density at radius 3 is 1.79 bits per heavy atom. The average molecular weight is 589 g/mol. The fourth-order valence-electron chi connectivity index (χ4n) is 4.81. The lowest BCUT2D eigenvalue weighted by molar-refractivity contribution is 0.288. The number of halogens is 6. The van der Waals surface area contributed by atoms with E-state index in [2.05, 4.69) is 0 Å². The first kappa shape index (κ1) is 31.3. The smallest absolute Gasteiger partial charge is 0.201 e. The highest BCUT2D eigenvalue weighted by Gasteiger charge is 2.24. The van der Waals surface area contributed by atoms with Crippen LogP contribution in [0.5, 0.6) is 11.5 Å². The zero-order valence-electron chi connectivity index (χ0n) is 23.7. The van der Waals surface area contributed by atoms with E-state index in [1.807, 2.05) is 13.8 Å². The zero-order chi connectivity index (χ0) is 30.2. The Morgan fingerprint density at radius 2 is 1.19 bits per heavy atom. The van der Waals surface area contributed by atoms with Crippen LogP contribution >= 0.6 is 0 Å². The third-order valence-electron chi connectivity index (χ3n) is 7.35. The Labute approximate surface area is 242 Å². The first-order valence-electron chi connectivity index (χ1n) is 14.3. The summed E-state index contributed by atoms with van der Waals surface area (Å²) in [7, 11) is 0. The van der Waals surface area contributed by atoms with E-state index in [0.29, 0.717) is 37.9 Å². The van der Waals surface area contributed by atoms with Crippen LogP contribution in [0.3, 0.4) is 0 Å². The monoisotopic (exact) mass is 588 g/mol. The van der Waals surface area contributed by atoms with Crippen molar-refractivity contribution in [1.29, 1.82) is 0 Å². The van der Waals surface area contributed by atoms with Crippen molar-refractivity contribution in [3.63, 3.8) is 0 Å². The molecule has 3 aromatic rings. The summed E-state index contributed by atoms with van der Waals surface area (Å²) in [6.45, 7) is 4.43. The molecule has 0 fully saturated rings. The maximum atomic E-state index is 15.2. The van der Waals surface area contributed by atoms with Gasteiger partial charge in [-0.1, -0.05) is 57.0 Å². The van der Waals surface area contributed by atoms with Crippen LogP contribution in [0, 0.1) is 40.8 Å². The minimum Gasteiger partial charge on any atom is -0.490 e. The number of rotatable bonds is 12. The molecule has 1 unspecified atom stereocenters. The maximum Gasteiger partial charge on any atom is 0.201 e. The predicted molar refractivity (Wildman–Crippen MR) is 153 cm³/mol. The van der Waals surface area contributed by atoms with Gasteiger partial charge < -0.3 is 9.47 Å². The fraction of sp³-hybridized carbons (Fsp3) is 0.353. The van der Waals surface area contributed by atoms with Gasteiger partial charge in [-0.05, 0) is 67.9 Å². The Kier molecular flexibility index (Phi) is 10.8. The van der Waals surface area contributed by atoms with Crippen LogP contribution in [-0.2, 0) is 0 Å². The Bertz CT molecular complexity index is 1460. The Hall–Kier alpha value is -3.68. The molecule has 0 radical (unpaired) electrons. The second-order valence-electron chi connectivity index (χ2n) is 10.3. The van der Waals surface area contributed by atoms with Gasteiger partial charge in [0, 0.05) is 22.3 Å². The van der Waals surface area contributed by atoms with Gasteiger partial charge in [0.15, 0.2) is 34.8 Å². The van der Waals surface area contributed by atoms with Crippen LogP contribution < -0.4 is 9.47 Å². The molecule has 0 spiro atoms. The normalized spacial score (nSPS) is 15.2. The molecular formula is C34H34F6O2. The van der Waals surface area contributed by atoms with Crippen LogP contribution in [0.1, 0.15) is 69.9 Å². The molecular weight excluding hydrogens is 554 g/mol. The van der Waals surface area contributed by atoms with Crippen molar-refractivity contribution in [1.82, 2.24) is 0 Å². The van der Waals surface area contributed by atoms with Crippen LogP contribution in [0.2, 0.25) is 0 Å². The van der Waals surface area contributed by atoms with Gasteiger partial charge in [0.05, 0.1) is 13.2 Å². The molecule has 1 aliphatic rings. The van der Waals surface area contributed by atoms with E-state index >= 15 is 8.78 Å². The summed E-state index contributed by atoms with van der Waals surface area (Å²) < 4.78 is 99.0. The summed E-state index contributed by atoms with van der Waals surface area (Å²) in [5.41, 5.74) is -0.0602. The molecule has 42 heavy (non-hydrogen) atoms. The lowest BCUT2D eigenvalue weighted by atomic mass is 9.85. The minimum absolute atomic E-state index is 0.0148. The van der Waals surface area contributed by atoms with E-state index in [0.717, 1.165) is 19.3 Å². The summed E-state index contributed by atoms with van der Waals surface area (Å²) in [4.78, 5) is 0. The number of unbranched alkanes of at least 4 members (excludes halogenated alkanes) is 2. The molecule has 3 aromatic carbocycles. The van der Waals surface area contributed by atoms with Crippen molar-refractivity contribution in [3.8, 4) is 22.6 Å². The molecule has 1 aliphatic carbocycles. The number of hydrogen-bond donors (Lipinski definition) is 0. The zero-order valence-corrected chi connectivity index (χ0v) is 23.7. The second kappa shape index (κ2) is 14.5. The SMILES string of the molecule is CCCCOc1ccc(/C=C/C2CC=C(c3ccc(-c4ccc(OCCCC)c(F)c4F)c(F)c3F)CC2)c(F)c1F. The molecule has 0 bridgehead atoms. The third kappa shape index (κ3) is 7.02. The quantitative estimate of drug-likeness (QED) is 0.155. The lowest BCUT2D eigenvalue weighted by Gasteiger charge is -2.20. The number of ether oxygens (including phenoxy) is 2. The first-order valence-corrected chi connectivity index (χ1v) is 14.3. The molecule has 0 amide bonds. The van der Waals surface area contributed by atoms with Crippen molar-refractivity contribution in [3.05, 3.63) is 94.6 Å². The molecule has 0 saturated carbocycles. The highest BCUT2D eigenvalue weighted by Crippen LogP contribution is 2.37. The van der Waals surface area contributed by atoms with E-state index in [1.54, 1.807) is 12.2 Å². The summed E-state index contributed by atoms with van der Waals surface area (Å²) >= 11 is 0. The molecule has 0 aliphatic heterocycles. The van der Waals surface area contributed by atoms with E-state index in [-0.39, 0.29) is 40.7 Å². The second-order valence-corrected chi connectivity index (χ2v) is 10.3. The highest BCUT2D eigenvalue weighted by molar-refractivity contribution is 5.73. The van der Waals surface area contributed by atoms with Crippen molar-refractivity contribution in [2.75, 3.05) is 13.2 Å². The van der Waals surface area contributed by atoms with E-state index in [9.17, 15) is 17.6 Å². The van der Waals surface area contributed by atoms with Crippen molar-refractivity contribution in [2.24, 2.45) is 5.92 Å². The van der Waals surface area contributed by atoms with Gasteiger partial charge in [-0.25, -0.2) is 17.6 Å². The van der Waals surface area contributed by atoms with Gasteiger partial charge in [-0.2, -0.15) is 8.78 Å². The van der Waals surface area contributed by atoms with Gasteiger partial charge in [0.1, 0.15) is 0 Å². The van der Waals surface area contributed by atoms with Gasteiger partial charge >= 0.3 is 0 Å². The molecule has 224 valence electrons. The van der Waals surface area contributed by atoms with Crippen molar-refractivity contribution >= 4 is 11.6 Å². The average Bonchev–Trinajstić information content (AvgIpc) is 2.99. The molecule has 8 heteroatoms. The van der Waals surface area contributed by atoms with Gasteiger partial charge in [-0.3, -0.25) is 0 Å². The molecule has 2 nitrogen and oxygen atoms in total. The van der Waals surface area contributed by atoms with Crippen molar-refractivity contribution in [2.45, 2.75) is 58.8 Å². The molecule has 0 N–H and O–H groups in total. The number of benzene rings is 3. The third-order valence-corrected chi connectivity index (χ3v) is 7.35. The minimum atomic E-state index is -1.31. The number of allylic oxidation sites excluding steroid dienone is 3. The van der Waals surface area contributed by atoms with E-state index in [1.165, 1.54) is 42.5 Å². The molecule has 4 rings (SSSR count). The predicted octanol–water partition coefficient (Wildman–Crippen LogP) is 10.4. The largest absolute Gasteiger partial charge is 0.490 e. The standard InChI is InChI=1S/C34H34F6O2/c1-3-5-19-41-27-17-13-23(29(35)33(27)39)12-9-21-7-10-22(11-8-21)24-14-15-25(31(37)30(24)36)26-16-18-28(34(40)32(26)38)42-20-6-4-2/h9-10,12-18,21H,3-8,11,19-20H2,1-2H3/b12-9+. The van der Waals surface area contributed by atoms with Crippen molar-refractivity contribution < 1.29 is 35.8 Å².